The molecule has 30 valence electrons. The molecule has 6 heteroatoms. The van der Waals surface area contributed by atoms with Crippen LogP contribution in [0.4, 0.5) is 0 Å². The van der Waals surface area contributed by atoms with Crippen LogP contribution in [0.5, 0.6) is 0 Å². The second-order valence-corrected chi connectivity index (χ2v) is 1.20. The van der Waals surface area contributed by atoms with Crippen molar-refractivity contribution in [2.45, 2.75) is 0 Å². The van der Waals surface area contributed by atoms with Gasteiger partial charge >= 0.3 is 85.8 Å². The Bertz CT molecular complexity index is 38.3. The van der Waals surface area contributed by atoms with E-state index in [-0.39, 0.29) is 62.0 Å². The zero-order valence-corrected chi connectivity index (χ0v) is 9.42. The molecule has 0 aliphatic heterocycles. The van der Waals surface area contributed by atoms with E-state index in [4.69, 9.17) is 12.2 Å². The third-order valence-electron chi connectivity index (χ3n) is 0. The average molecular weight is 177 g/mol. The summed E-state index contributed by atoms with van der Waals surface area (Å²) in [6.45, 7) is 0. The Morgan fingerprint density at radius 1 is 1.33 bits per heavy atom. The van der Waals surface area contributed by atoms with Crippen LogP contribution >= 0.6 is 0 Å². The van der Waals surface area contributed by atoms with E-state index in [9.17, 15) is 0 Å². The maximum atomic E-state index is 8.76. The molecular weight excluding hydrogens is 173 g/mol. The second kappa shape index (κ2) is 10.3. The molecule has 0 saturated heterocycles. The van der Waals surface area contributed by atoms with Gasteiger partial charge in [-0.1, -0.05) is 0 Å². The summed E-state index contributed by atoms with van der Waals surface area (Å²) in [6, 6.07) is 0. The van der Waals surface area contributed by atoms with Crippen LogP contribution < -0.4 is 59.1 Å². The Morgan fingerprint density at radius 2 is 1.33 bits per heavy atom. The second-order valence-electron chi connectivity index (χ2n) is 0.231. The molecule has 0 saturated carbocycles. The fourth-order valence-corrected chi connectivity index (χ4v) is 0. The smallest absolute Gasteiger partial charge is 1.00 e. The molecule has 0 heterocycles. The molecule has 2 N–H and O–H groups in total. The Hall–Kier alpha value is 2.24. The van der Waals surface area contributed by atoms with Crippen molar-refractivity contribution in [2.24, 2.45) is 0 Å². The Balaban J connectivity index is -0.00000000750. The molecule has 0 aromatic rings. The summed E-state index contributed by atoms with van der Waals surface area (Å²) in [6.07, 6.45) is 0. The molecule has 0 aliphatic carbocycles. The van der Waals surface area contributed by atoms with Crippen LogP contribution in [0.15, 0.2) is 0 Å². The van der Waals surface area contributed by atoms with Gasteiger partial charge in [0.05, 0.1) is 0 Å². The predicted octanol–water partition coefficient (Wildman–Crippen LogP) is -7.38. The maximum Gasteiger partial charge on any atom is 1.00 e. The average Bonchev–Trinajstić information content (AvgIpc) is 0.811. The van der Waals surface area contributed by atoms with Gasteiger partial charge in [0, 0.05) is 0 Å². The fraction of sp³-hybridized carbons (Fsp3) is 0. The zero-order chi connectivity index (χ0) is 3.58. The number of hydrogen-bond acceptors (Lipinski definition) is 1. The van der Waals surface area contributed by atoms with E-state index in [1.54, 1.807) is 0 Å². The van der Waals surface area contributed by atoms with Crippen LogP contribution in [-0.4, -0.2) is 22.9 Å². The summed E-state index contributed by atoms with van der Waals surface area (Å²) >= 11 is -3.29. The Morgan fingerprint density at radius 3 is 1.33 bits per heavy atom. The Labute approximate surface area is 87.4 Å². The van der Waals surface area contributed by atoms with Gasteiger partial charge in [-0.05, 0) is 0 Å². The quantitative estimate of drug-likeness (QED) is 0.361. The summed E-state index contributed by atoms with van der Waals surface area (Å²) in [5, 5.41) is 0. The monoisotopic (exact) mass is 178 g/mol. The largest absolute Gasteiger partial charge is 1.00 e. The minimum Gasteiger partial charge on any atom is -1.00 e. The first kappa shape index (κ1) is 15.7. The summed E-state index contributed by atoms with van der Waals surface area (Å²) < 4.78 is 23.1. The fourth-order valence-electron chi connectivity index (χ4n) is 0. The molecule has 0 radical (unpaired) electrons. The molecule has 0 fully saturated rings. The first-order valence-corrected chi connectivity index (χ1v) is 2.76. The van der Waals surface area contributed by atoms with E-state index in [1.165, 1.54) is 0 Å². The van der Waals surface area contributed by atoms with Crippen molar-refractivity contribution in [1.82, 2.24) is 0 Å². The van der Waals surface area contributed by atoms with Crippen molar-refractivity contribution in [3.8, 4) is 0 Å². The van der Waals surface area contributed by atoms with Crippen molar-refractivity contribution >= 4 is 14.5 Å². The first-order valence-electron chi connectivity index (χ1n) is 0.532. The molecule has 0 aliphatic rings. The van der Waals surface area contributed by atoms with Crippen LogP contribution in [0.2, 0.25) is 0 Å². The molecule has 0 amide bonds. The minimum atomic E-state index is -3.29. The van der Waals surface area contributed by atoms with Gasteiger partial charge in [0.2, 0.25) is 0 Å². The molecule has 3 nitrogen and oxygen atoms in total. The van der Waals surface area contributed by atoms with Crippen LogP contribution in [0, 0.1) is 0 Å². The predicted molar refractivity (Wildman–Crippen MR) is 13.1 cm³/mol. The molecule has 0 unspecified atom stereocenters. The van der Waals surface area contributed by atoms with Gasteiger partial charge in [0.1, 0.15) is 0 Å². The van der Waals surface area contributed by atoms with Crippen LogP contribution in [0.25, 0.3) is 0 Å². The summed E-state index contributed by atoms with van der Waals surface area (Å²) in [7, 11) is 0. The van der Waals surface area contributed by atoms with Gasteiger partial charge in [-0.2, -0.15) is 0 Å². The van der Waals surface area contributed by atoms with Crippen LogP contribution in [0.1, 0.15) is 2.85 Å². The Kier molecular flexibility index (Phi) is 26.9. The van der Waals surface area contributed by atoms with Gasteiger partial charge in [-0.25, -0.2) is 0 Å². The van der Waals surface area contributed by atoms with E-state index in [0.29, 0.717) is 0 Å². The molecule has 0 spiro atoms. The summed E-state index contributed by atoms with van der Waals surface area (Å²) in [4.78, 5) is 0. The molecule has 0 atom stereocenters. The van der Waals surface area contributed by atoms with E-state index in [0.717, 1.165) is 0 Å². The third kappa shape index (κ3) is 34.2. The SMILES string of the molecule is O=[Se](O)O.[H-].[H-].[Na+].[Na+]. The first-order chi connectivity index (χ1) is 1.73. The summed E-state index contributed by atoms with van der Waals surface area (Å²) in [5.74, 6) is 0. The maximum absolute atomic E-state index is 8.76. The van der Waals surface area contributed by atoms with Gasteiger partial charge in [-0.3, -0.25) is 0 Å². The molecule has 6 heavy (non-hydrogen) atoms. The van der Waals surface area contributed by atoms with Crippen molar-refractivity contribution in [3.63, 3.8) is 0 Å². The van der Waals surface area contributed by atoms with Crippen molar-refractivity contribution < 1.29 is 74.2 Å². The van der Waals surface area contributed by atoms with Crippen molar-refractivity contribution in [2.75, 3.05) is 0 Å². The van der Waals surface area contributed by atoms with Gasteiger partial charge in [0.25, 0.3) is 0 Å². The van der Waals surface area contributed by atoms with Crippen LogP contribution in [0.3, 0.4) is 0 Å². The van der Waals surface area contributed by atoms with E-state index < -0.39 is 14.5 Å². The van der Waals surface area contributed by atoms with E-state index >= 15 is 0 Å². The number of rotatable bonds is 0. The minimum absolute atomic E-state index is 0. The molecule has 0 bridgehead atoms. The topological polar surface area (TPSA) is 57.5 Å². The van der Waals surface area contributed by atoms with Crippen LogP contribution in [-0.2, 0) is 3.83 Å². The molecule has 0 aromatic heterocycles. The number of hydrogen-bond donors (Lipinski definition) is 2. The molecule has 0 aromatic carbocycles. The normalized spacial score (nSPS) is 5.83. The van der Waals surface area contributed by atoms with E-state index in [1.807, 2.05) is 0 Å². The van der Waals surface area contributed by atoms with Crippen molar-refractivity contribution in [3.05, 3.63) is 0 Å². The standard InChI is InChI=1S/2Na.H2O3Se.2H/c;;1-4(2)3;;/h;;(H2,1,2,3);;/q2*+1;;2*-1. The van der Waals surface area contributed by atoms with Gasteiger partial charge in [-0.15, -0.1) is 0 Å². The zero-order valence-electron chi connectivity index (χ0n) is 5.71. The van der Waals surface area contributed by atoms with Crippen molar-refractivity contribution in [1.29, 1.82) is 0 Å². The molecular formula is H4Na2O3Se. The summed E-state index contributed by atoms with van der Waals surface area (Å²) in [5.41, 5.74) is 0. The molecule has 0 rings (SSSR count). The third-order valence-corrected chi connectivity index (χ3v) is 0. The van der Waals surface area contributed by atoms with E-state index in [2.05, 4.69) is 0 Å². The van der Waals surface area contributed by atoms with Gasteiger partial charge in [0.15, 0.2) is 0 Å². The van der Waals surface area contributed by atoms with Gasteiger partial charge < -0.3 is 2.85 Å².